The van der Waals surface area contributed by atoms with Crippen molar-refractivity contribution in [1.82, 2.24) is 10.2 Å². The van der Waals surface area contributed by atoms with Crippen LogP contribution in [0.4, 0.5) is 10.5 Å². The second-order valence-corrected chi connectivity index (χ2v) is 12.7. The molecule has 0 radical (unpaired) electrons. The van der Waals surface area contributed by atoms with E-state index in [1.165, 1.54) is 0 Å². The van der Waals surface area contributed by atoms with Crippen LogP contribution in [-0.4, -0.2) is 40.5 Å². The Hall–Kier alpha value is -4.13. The van der Waals surface area contributed by atoms with E-state index in [2.05, 4.69) is 10.6 Å². The quantitative estimate of drug-likeness (QED) is 0.281. The fraction of sp³-hybridized carbons (Fsp3) is 0.417. The van der Waals surface area contributed by atoms with Crippen LogP contribution in [0.2, 0.25) is 0 Å². The lowest BCUT2D eigenvalue weighted by molar-refractivity contribution is -0.145. The number of ether oxygens (including phenoxy) is 1. The van der Waals surface area contributed by atoms with E-state index < -0.39 is 23.8 Å². The summed E-state index contributed by atoms with van der Waals surface area (Å²) < 4.78 is 5.57. The number of benzene rings is 3. The normalized spacial score (nSPS) is 14.7. The van der Waals surface area contributed by atoms with Gasteiger partial charge >= 0.3 is 6.09 Å². The van der Waals surface area contributed by atoms with Crippen LogP contribution in [0.25, 0.3) is 0 Å². The molecule has 0 spiro atoms. The summed E-state index contributed by atoms with van der Waals surface area (Å²) in [5.74, 6) is -0.580. The van der Waals surface area contributed by atoms with Gasteiger partial charge in [-0.1, -0.05) is 66.7 Å². The first-order valence-corrected chi connectivity index (χ1v) is 15.1. The predicted molar refractivity (Wildman–Crippen MR) is 171 cm³/mol. The summed E-state index contributed by atoms with van der Waals surface area (Å²) in [7, 11) is 0. The number of amides is 3. The Balaban J connectivity index is 1.80. The number of aryl methyl sites for hydroxylation is 3. The van der Waals surface area contributed by atoms with E-state index in [1.54, 1.807) is 25.7 Å². The molecule has 3 amide bonds. The molecular weight excluding hydrogens is 538 g/mol. The number of nitrogens with zero attached hydrogens (tertiary/aromatic N) is 1. The summed E-state index contributed by atoms with van der Waals surface area (Å²) in [5.41, 5.74) is 5.58. The van der Waals surface area contributed by atoms with Crippen molar-refractivity contribution in [3.63, 3.8) is 0 Å². The van der Waals surface area contributed by atoms with Gasteiger partial charge in [-0.15, -0.1) is 0 Å². The third-order valence-electron chi connectivity index (χ3n) is 8.19. The minimum absolute atomic E-state index is 0.139. The lowest BCUT2D eigenvalue weighted by Gasteiger charge is -2.44. The summed E-state index contributed by atoms with van der Waals surface area (Å²) in [6.45, 7) is 13.3. The van der Waals surface area contributed by atoms with Crippen LogP contribution in [0.1, 0.15) is 79.5 Å². The molecule has 228 valence electrons. The third kappa shape index (κ3) is 7.83. The van der Waals surface area contributed by atoms with Crippen molar-refractivity contribution in [1.29, 1.82) is 0 Å². The van der Waals surface area contributed by atoms with E-state index in [0.29, 0.717) is 0 Å². The fourth-order valence-corrected chi connectivity index (χ4v) is 5.55. The predicted octanol–water partition coefficient (Wildman–Crippen LogP) is 7.12. The molecular formula is C36H45N3O4. The smallest absolute Gasteiger partial charge is 0.408 e. The van der Waals surface area contributed by atoms with Gasteiger partial charge in [-0.3, -0.25) is 9.59 Å². The van der Waals surface area contributed by atoms with E-state index in [1.807, 2.05) is 94.4 Å². The zero-order chi connectivity index (χ0) is 31.3. The Morgan fingerprint density at radius 1 is 0.860 bits per heavy atom. The van der Waals surface area contributed by atoms with Gasteiger partial charge in [0, 0.05) is 18.2 Å². The molecule has 1 aliphatic rings. The number of hydrogen-bond acceptors (Lipinski definition) is 4. The molecule has 7 heteroatoms. The van der Waals surface area contributed by atoms with Crippen molar-refractivity contribution >= 4 is 23.6 Å². The molecule has 43 heavy (non-hydrogen) atoms. The topological polar surface area (TPSA) is 87.7 Å². The molecule has 0 bridgehead atoms. The van der Waals surface area contributed by atoms with Crippen LogP contribution in [0.3, 0.4) is 0 Å². The number of carbonyl (C=O) groups excluding carboxylic acids is 3. The van der Waals surface area contributed by atoms with Gasteiger partial charge in [0.2, 0.25) is 5.91 Å². The Bertz CT molecular complexity index is 1440. The number of para-hydroxylation sites is 1. The first kappa shape index (κ1) is 31.8. The molecule has 1 saturated carbocycles. The Kier molecular flexibility index (Phi) is 9.95. The maximum absolute atomic E-state index is 14.8. The Labute approximate surface area is 256 Å². The SMILES string of the molecule is Cc1cccc(C(C(=O)Nc2c(C)cccc2C)N(C(=O)C(Cc2ccccc2)NC(=O)OC(C)(C)C)C2CCC2)c1C. The summed E-state index contributed by atoms with van der Waals surface area (Å²) >= 11 is 0. The molecule has 0 aromatic heterocycles. The van der Waals surface area contributed by atoms with E-state index in [0.717, 1.165) is 58.3 Å². The number of carbonyl (C=O) groups is 3. The highest BCUT2D eigenvalue weighted by Gasteiger charge is 2.42. The van der Waals surface area contributed by atoms with E-state index in [9.17, 15) is 14.4 Å². The molecule has 0 saturated heterocycles. The van der Waals surface area contributed by atoms with Crippen LogP contribution in [0.5, 0.6) is 0 Å². The maximum Gasteiger partial charge on any atom is 0.408 e. The van der Waals surface area contributed by atoms with Gasteiger partial charge in [0.1, 0.15) is 17.7 Å². The minimum Gasteiger partial charge on any atom is -0.444 e. The first-order valence-electron chi connectivity index (χ1n) is 15.1. The van der Waals surface area contributed by atoms with Gasteiger partial charge in [0.15, 0.2) is 0 Å². The molecule has 2 atom stereocenters. The molecule has 4 rings (SSSR count). The highest BCUT2D eigenvalue weighted by Crippen LogP contribution is 2.36. The molecule has 3 aromatic carbocycles. The van der Waals surface area contributed by atoms with Gasteiger partial charge in [-0.25, -0.2) is 4.79 Å². The van der Waals surface area contributed by atoms with Gasteiger partial charge < -0.3 is 20.3 Å². The summed E-state index contributed by atoms with van der Waals surface area (Å²) in [6, 6.07) is 19.4. The fourth-order valence-electron chi connectivity index (χ4n) is 5.55. The van der Waals surface area contributed by atoms with Crippen molar-refractivity contribution in [2.75, 3.05) is 5.32 Å². The van der Waals surface area contributed by atoms with Gasteiger partial charge in [0.05, 0.1) is 0 Å². The molecule has 3 aromatic rings. The van der Waals surface area contributed by atoms with Crippen LogP contribution >= 0.6 is 0 Å². The zero-order valence-corrected chi connectivity index (χ0v) is 26.5. The largest absolute Gasteiger partial charge is 0.444 e. The third-order valence-corrected chi connectivity index (χ3v) is 8.19. The summed E-state index contributed by atoms with van der Waals surface area (Å²) in [6.07, 6.45) is 2.14. The van der Waals surface area contributed by atoms with E-state index in [-0.39, 0.29) is 24.3 Å². The summed E-state index contributed by atoms with van der Waals surface area (Å²) in [5, 5.41) is 6.04. The lowest BCUT2D eigenvalue weighted by Crippen LogP contribution is -2.57. The first-order chi connectivity index (χ1) is 20.4. The highest BCUT2D eigenvalue weighted by molar-refractivity contribution is 6.00. The van der Waals surface area contributed by atoms with Crippen LogP contribution in [0.15, 0.2) is 66.7 Å². The molecule has 2 N–H and O–H groups in total. The molecule has 7 nitrogen and oxygen atoms in total. The standard InChI is InChI=1S/C36H45N3O4/c1-23-14-12-21-29(26(23)4)32(33(40)38-31-24(2)15-11-16-25(31)3)39(28-19-13-20-28)34(41)30(22-27-17-9-8-10-18-27)37-35(42)43-36(5,6)7/h8-12,14-18,21,28,30,32H,13,19-20,22H2,1-7H3,(H,37,42)(H,38,40). The molecule has 1 fully saturated rings. The second-order valence-electron chi connectivity index (χ2n) is 12.7. The molecule has 1 aliphatic carbocycles. The molecule has 0 heterocycles. The molecule has 2 unspecified atom stereocenters. The average Bonchev–Trinajstić information content (AvgIpc) is 2.90. The van der Waals surface area contributed by atoms with E-state index >= 15 is 0 Å². The zero-order valence-electron chi connectivity index (χ0n) is 26.5. The number of hydrogen-bond donors (Lipinski definition) is 2. The number of nitrogens with one attached hydrogen (secondary N) is 2. The number of anilines is 1. The van der Waals surface area contributed by atoms with Gasteiger partial charge in [-0.05, 0) is 101 Å². The van der Waals surface area contributed by atoms with Crippen molar-refractivity contribution in [3.8, 4) is 0 Å². The Morgan fingerprint density at radius 2 is 1.47 bits per heavy atom. The maximum atomic E-state index is 14.8. The van der Waals surface area contributed by atoms with Crippen molar-refractivity contribution in [2.45, 2.75) is 97.9 Å². The van der Waals surface area contributed by atoms with E-state index in [4.69, 9.17) is 4.74 Å². The minimum atomic E-state index is -0.932. The van der Waals surface area contributed by atoms with Gasteiger partial charge in [0.25, 0.3) is 5.91 Å². The van der Waals surface area contributed by atoms with Crippen LogP contribution in [0, 0.1) is 27.7 Å². The van der Waals surface area contributed by atoms with Crippen LogP contribution < -0.4 is 10.6 Å². The van der Waals surface area contributed by atoms with Gasteiger partial charge in [-0.2, -0.15) is 0 Å². The lowest BCUT2D eigenvalue weighted by atomic mass is 9.86. The second kappa shape index (κ2) is 13.4. The highest BCUT2D eigenvalue weighted by atomic mass is 16.6. The molecule has 0 aliphatic heterocycles. The van der Waals surface area contributed by atoms with Crippen LogP contribution in [-0.2, 0) is 20.7 Å². The van der Waals surface area contributed by atoms with Crippen molar-refractivity contribution < 1.29 is 19.1 Å². The van der Waals surface area contributed by atoms with Crippen molar-refractivity contribution in [3.05, 3.63) is 100 Å². The van der Waals surface area contributed by atoms with Crippen molar-refractivity contribution in [2.24, 2.45) is 0 Å². The number of rotatable bonds is 9. The number of alkyl carbamates (subject to hydrolysis) is 1. The summed E-state index contributed by atoms with van der Waals surface area (Å²) in [4.78, 5) is 44.0. The Morgan fingerprint density at radius 3 is 2.05 bits per heavy atom. The monoisotopic (exact) mass is 583 g/mol. The average molecular weight is 584 g/mol.